The Morgan fingerprint density at radius 1 is 1.16 bits per heavy atom. The molecule has 0 bridgehead atoms. The van der Waals surface area contributed by atoms with Crippen molar-refractivity contribution in [1.82, 2.24) is 29.3 Å². The first-order valence-electron chi connectivity index (χ1n) is 7.86. The number of urea groups is 1. The first-order chi connectivity index (χ1) is 11.6. The van der Waals surface area contributed by atoms with Gasteiger partial charge in [0.1, 0.15) is 6.04 Å². The Morgan fingerprint density at radius 3 is 2.40 bits per heavy atom. The van der Waals surface area contributed by atoms with Gasteiger partial charge in [0.25, 0.3) is 11.5 Å². The standard InChI is InChI=1S/C15H22N6O4/c1-8(2)6-16-14(24)18-12(22)9(3)21-7-17-11-10(21)13(23)20(5)15(25)19(11)4/h7-9H,6H2,1-5H3,(H2,16,18,22,24). The van der Waals surface area contributed by atoms with Crippen LogP contribution in [-0.4, -0.2) is 37.2 Å². The number of carbonyl (C=O) groups is 2. The van der Waals surface area contributed by atoms with E-state index < -0.39 is 29.2 Å². The predicted molar refractivity (Wildman–Crippen MR) is 91.3 cm³/mol. The highest BCUT2D eigenvalue weighted by Gasteiger charge is 2.23. The summed E-state index contributed by atoms with van der Waals surface area (Å²) < 4.78 is 3.52. The van der Waals surface area contributed by atoms with Crippen LogP contribution >= 0.6 is 0 Å². The monoisotopic (exact) mass is 350 g/mol. The molecule has 0 aliphatic carbocycles. The van der Waals surface area contributed by atoms with Gasteiger partial charge < -0.3 is 9.88 Å². The van der Waals surface area contributed by atoms with Gasteiger partial charge in [-0.05, 0) is 12.8 Å². The molecule has 25 heavy (non-hydrogen) atoms. The Morgan fingerprint density at radius 2 is 1.80 bits per heavy atom. The molecule has 0 spiro atoms. The number of nitrogens with zero attached hydrogens (tertiary/aromatic N) is 4. The lowest BCUT2D eigenvalue weighted by Gasteiger charge is -2.15. The molecule has 2 aromatic rings. The average Bonchev–Trinajstić information content (AvgIpc) is 3.00. The van der Waals surface area contributed by atoms with Crippen LogP contribution < -0.4 is 21.9 Å². The van der Waals surface area contributed by atoms with Crippen LogP contribution in [0.3, 0.4) is 0 Å². The number of hydrogen-bond acceptors (Lipinski definition) is 5. The minimum atomic E-state index is -0.861. The lowest BCUT2D eigenvalue weighted by atomic mass is 10.2. The molecule has 2 rings (SSSR count). The Hall–Kier alpha value is -2.91. The zero-order valence-electron chi connectivity index (χ0n) is 14.9. The van der Waals surface area contributed by atoms with Gasteiger partial charge in [0.05, 0.1) is 6.33 Å². The normalized spacial score (nSPS) is 12.4. The maximum atomic E-state index is 12.4. The van der Waals surface area contributed by atoms with Crippen molar-refractivity contribution in [3.05, 3.63) is 27.2 Å². The third-order valence-corrected chi connectivity index (χ3v) is 3.88. The maximum absolute atomic E-state index is 12.4. The summed E-state index contributed by atoms with van der Waals surface area (Å²) in [5, 5.41) is 4.81. The fourth-order valence-electron chi connectivity index (χ4n) is 2.34. The lowest BCUT2D eigenvalue weighted by Crippen LogP contribution is -2.44. The highest BCUT2D eigenvalue weighted by atomic mass is 16.2. The molecule has 0 aliphatic heterocycles. The van der Waals surface area contributed by atoms with E-state index in [2.05, 4.69) is 15.6 Å². The van der Waals surface area contributed by atoms with E-state index in [1.807, 2.05) is 13.8 Å². The first-order valence-corrected chi connectivity index (χ1v) is 7.86. The van der Waals surface area contributed by atoms with Crippen molar-refractivity contribution in [1.29, 1.82) is 0 Å². The SMILES string of the molecule is CC(C)CNC(=O)NC(=O)C(C)n1cnc2c1c(=O)n(C)c(=O)n2C. The number of nitrogens with one attached hydrogen (secondary N) is 2. The molecule has 0 radical (unpaired) electrons. The minimum Gasteiger partial charge on any atom is -0.338 e. The number of imide groups is 1. The molecule has 0 saturated heterocycles. The number of fused-ring (bicyclic) bond motifs is 1. The number of imidazole rings is 1. The second kappa shape index (κ2) is 6.91. The Balaban J connectivity index is 2.33. The molecule has 136 valence electrons. The van der Waals surface area contributed by atoms with E-state index in [4.69, 9.17) is 0 Å². The molecule has 1 unspecified atom stereocenters. The molecule has 0 fully saturated rings. The summed E-state index contributed by atoms with van der Waals surface area (Å²) in [5.74, 6) is -0.336. The second-order valence-corrected chi connectivity index (χ2v) is 6.30. The first kappa shape index (κ1) is 18.4. The zero-order valence-corrected chi connectivity index (χ0v) is 14.9. The number of aryl methyl sites for hydroxylation is 1. The van der Waals surface area contributed by atoms with Crippen LogP contribution in [-0.2, 0) is 18.9 Å². The fourth-order valence-corrected chi connectivity index (χ4v) is 2.34. The van der Waals surface area contributed by atoms with Gasteiger partial charge in [0.2, 0.25) is 0 Å². The molecule has 0 saturated carbocycles. The number of hydrogen-bond donors (Lipinski definition) is 2. The van der Waals surface area contributed by atoms with Crippen molar-refractivity contribution < 1.29 is 9.59 Å². The van der Waals surface area contributed by atoms with Crippen molar-refractivity contribution in [2.75, 3.05) is 6.54 Å². The molecule has 2 aromatic heterocycles. The highest BCUT2D eigenvalue weighted by molar-refractivity contribution is 5.96. The molecule has 0 aromatic carbocycles. The van der Waals surface area contributed by atoms with Crippen LogP contribution in [0, 0.1) is 5.92 Å². The molecule has 3 amide bonds. The maximum Gasteiger partial charge on any atom is 0.332 e. The van der Waals surface area contributed by atoms with Gasteiger partial charge >= 0.3 is 11.7 Å². The van der Waals surface area contributed by atoms with E-state index in [9.17, 15) is 19.2 Å². The quantitative estimate of drug-likeness (QED) is 0.768. The summed E-state index contributed by atoms with van der Waals surface area (Å²) in [5.41, 5.74) is -0.765. The van der Waals surface area contributed by atoms with E-state index in [1.54, 1.807) is 0 Å². The van der Waals surface area contributed by atoms with E-state index in [1.165, 1.54) is 36.5 Å². The van der Waals surface area contributed by atoms with Crippen LogP contribution in [0.4, 0.5) is 4.79 Å². The molecule has 10 nitrogen and oxygen atoms in total. The topological polar surface area (TPSA) is 120 Å². The van der Waals surface area contributed by atoms with Crippen molar-refractivity contribution in [2.24, 2.45) is 20.0 Å². The van der Waals surface area contributed by atoms with Crippen LogP contribution in [0.2, 0.25) is 0 Å². The Kier molecular flexibility index (Phi) is 5.10. The van der Waals surface area contributed by atoms with Gasteiger partial charge in [-0.25, -0.2) is 14.6 Å². The smallest absolute Gasteiger partial charge is 0.332 e. The van der Waals surface area contributed by atoms with Gasteiger partial charge in [0.15, 0.2) is 11.2 Å². The molecule has 1 atom stereocenters. The van der Waals surface area contributed by atoms with Crippen LogP contribution in [0.1, 0.15) is 26.8 Å². The van der Waals surface area contributed by atoms with Crippen LogP contribution in [0.5, 0.6) is 0 Å². The molecular formula is C15H22N6O4. The number of rotatable bonds is 4. The van der Waals surface area contributed by atoms with Gasteiger partial charge in [-0.2, -0.15) is 0 Å². The summed E-state index contributed by atoms with van der Waals surface area (Å²) in [7, 11) is 2.84. The second-order valence-electron chi connectivity index (χ2n) is 6.30. The predicted octanol–water partition coefficient (Wildman–Crippen LogP) is -0.523. The van der Waals surface area contributed by atoms with E-state index in [0.29, 0.717) is 6.54 Å². The minimum absolute atomic E-state index is 0.120. The highest BCUT2D eigenvalue weighted by Crippen LogP contribution is 2.13. The van der Waals surface area contributed by atoms with Crippen molar-refractivity contribution >= 4 is 23.1 Å². The van der Waals surface area contributed by atoms with Crippen molar-refractivity contribution in [3.8, 4) is 0 Å². The van der Waals surface area contributed by atoms with Gasteiger partial charge in [-0.15, -0.1) is 0 Å². The van der Waals surface area contributed by atoms with Gasteiger partial charge in [-0.1, -0.05) is 13.8 Å². The Bertz CT molecular complexity index is 936. The van der Waals surface area contributed by atoms with Crippen LogP contribution in [0.15, 0.2) is 15.9 Å². The molecule has 10 heteroatoms. The van der Waals surface area contributed by atoms with E-state index in [-0.39, 0.29) is 17.1 Å². The summed E-state index contributed by atoms with van der Waals surface area (Å²) in [6, 6.07) is -1.46. The summed E-state index contributed by atoms with van der Waals surface area (Å²) in [6.07, 6.45) is 1.31. The van der Waals surface area contributed by atoms with Crippen molar-refractivity contribution in [3.63, 3.8) is 0 Å². The average molecular weight is 350 g/mol. The zero-order chi connectivity index (χ0) is 18.9. The van der Waals surface area contributed by atoms with E-state index in [0.717, 1.165) is 4.57 Å². The third-order valence-electron chi connectivity index (χ3n) is 3.88. The van der Waals surface area contributed by atoms with Gasteiger partial charge in [0, 0.05) is 20.6 Å². The lowest BCUT2D eigenvalue weighted by molar-refractivity contribution is -0.122. The van der Waals surface area contributed by atoms with Crippen LogP contribution in [0.25, 0.3) is 11.2 Å². The molecular weight excluding hydrogens is 328 g/mol. The third kappa shape index (κ3) is 3.47. The fraction of sp³-hybridized carbons (Fsp3) is 0.533. The summed E-state index contributed by atoms with van der Waals surface area (Å²) in [4.78, 5) is 52.4. The number of amides is 3. The largest absolute Gasteiger partial charge is 0.338 e. The Labute approximate surface area is 143 Å². The number of carbonyl (C=O) groups excluding carboxylic acids is 2. The molecule has 0 aliphatic rings. The summed E-state index contributed by atoms with van der Waals surface area (Å²) in [6.45, 7) is 5.84. The summed E-state index contributed by atoms with van der Waals surface area (Å²) >= 11 is 0. The van der Waals surface area contributed by atoms with Gasteiger partial charge in [-0.3, -0.25) is 24.0 Å². The molecule has 2 heterocycles. The number of aromatic nitrogens is 4. The molecule has 2 N–H and O–H groups in total. The van der Waals surface area contributed by atoms with E-state index >= 15 is 0 Å². The van der Waals surface area contributed by atoms with Crippen molar-refractivity contribution in [2.45, 2.75) is 26.8 Å².